The van der Waals surface area contributed by atoms with Crippen molar-refractivity contribution in [2.45, 2.75) is 26.3 Å². The van der Waals surface area contributed by atoms with Crippen LogP contribution in [-0.4, -0.2) is 18.5 Å². The largest absolute Gasteiger partial charge is 0.326 e. The second-order valence-electron chi connectivity index (χ2n) is 4.26. The minimum absolute atomic E-state index is 0. The number of nitrogens with zero attached hydrogens (tertiary/aromatic N) is 1. The summed E-state index contributed by atoms with van der Waals surface area (Å²) in [6, 6.07) is 6.10. The Morgan fingerprint density at radius 2 is 2.06 bits per heavy atom. The minimum Gasteiger partial charge on any atom is -0.326 e. The number of amides is 1. The Balaban J connectivity index is 0.00000128. The normalized spacial score (nSPS) is 19.8. The molecule has 2 rings (SSSR count). The van der Waals surface area contributed by atoms with Crippen LogP contribution in [0.2, 0.25) is 0 Å². The zero-order valence-electron chi connectivity index (χ0n) is 9.56. The molecule has 0 saturated carbocycles. The van der Waals surface area contributed by atoms with Gasteiger partial charge in [-0.3, -0.25) is 4.79 Å². The van der Waals surface area contributed by atoms with Crippen molar-refractivity contribution in [1.82, 2.24) is 0 Å². The van der Waals surface area contributed by atoms with Crippen molar-refractivity contribution >= 4 is 24.0 Å². The lowest BCUT2D eigenvalue weighted by molar-refractivity contribution is -0.117. The summed E-state index contributed by atoms with van der Waals surface area (Å²) in [5.41, 5.74) is 9.12. The Kier molecular flexibility index (Phi) is 3.94. The highest BCUT2D eigenvalue weighted by molar-refractivity contribution is 5.96. The molecule has 2 N–H and O–H groups in total. The summed E-state index contributed by atoms with van der Waals surface area (Å²) in [7, 11) is 0. The molecule has 1 unspecified atom stereocenters. The predicted molar refractivity (Wildman–Crippen MR) is 68.1 cm³/mol. The zero-order valence-corrected chi connectivity index (χ0v) is 10.4. The molecular formula is C12H17ClN2O. The fourth-order valence-corrected chi connectivity index (χ4v) is 2.08. The van der Waals surface area contributed by atoms with E-state index in [9.17, 15) is 4.79 Å². The third-order valence-corrected chi connectivity index (χ3v) is 2.80. The fraction of sp³-hybridized carbons (Fsp3) is 0.417. The minimum atomic E-state index is -0.0156. The second kappa shape index (κ2) is 4.85. The van der Waals surface area contributed by atoms with Crippen molar-refractivity contribution in [3.05, 3.63) is 29.3 Å². The number of carbonyl (C=O) groups excluding carboxylic acids is 1. The molecule has 0 aliphatic carbocycles. The van der Waals surface area contributed by atoms with E-state index in [4.69, 9.17) is 5.73 Å². The molecule has 0 spiro atoms. The molecular weight excluding hydrogens is 224 g/mol. The van der Waals surface area contributed by atoms with Crippen LogP contribution in [0.1, 0.15) is 17.5 Å². The Labute approximate surface area is 102 Å². The quantitative estimate of drug-likeness (QED) is 0.814. The highest BCUT2D eigenvalue weighted by Gasteiger charge is 2.28. The number of benzene rings is 1. The number of hydrogen-bond donors (Lipinski definition) is 1. The van der Waals surface area contributed by atoms with Crippen LogP contribution in [0.15, 0.2) is 18.2 Å². The molecule has 0 aromatic heterocycles. The molecule has 16 heavy (non-hydrogen) atoms. The van der Waals surface area contributed by atoms with Gasteiger partial charge >= 0.3 is 0 Å². The third kappa shape index (κ3) is 2.36. The maximum absolute atomic E-state index is 11.7. The third-order valence-electron chi connectivity index (χ3n) is 2.80. The smallest absolute Gasteiger partial charge is 0.228 e. The molecule has 1 amide bonds. The summed E-state index contributed by atoms with van der Waals surface area (Å²) in [5.74, 6) is 0.134. The average Bonchev–Trinajstić information content (AvgIpc) is 2.45. The van der Waals surface area contributed by atoms with Crippen LogP contribution >= 0.6 is 12.4 Å². The molecule has 1 atom stereocenters. The number of aryl methyl sites for hydroxylation is 2. The highest BCUT2D eigenvalue weighted by Crippen LogP contribution is 2.25. The first-order valence-corrected chi connectivity index (χ1v) is 5.21. The summed E-state index contributed by atoms with van der Waals surface area (Å²) in [6.45, 7) is 4.72. The second-order valence-corrected chi connectivity index (χ2v) is 4.26. The van der Waals surface area contributed by atoms with Crippen LogP contribution < -0.4 is 10.6 Å². The van der Waals surface area contributed by atoms with E-state index < -0.39 is 0 Å². The van der Waals surface area contributed by atoms with Crippen molar-refractivity contribution in [2.75, 3.05) is 11.4 Å². The Morgan fingerprint density at radius 3 is 2.56 bits per heavy atom. The van der Waals surface area contributed by atoms with Crippen LogP contribution in [0.4, 0.5) is 5.69 Å². The fourth-order valence-electron chi connectivity index (χ4n) is 2.08. The van der Waals surface area contributed by atoms with E-state index in [0.717, 1.165) is 11.3 Å². The van der Waals surface area contributed by atoms with Gasteiger partial charge in [0.15, 0.2) is 0 Å². The average molecular weight is 241 g/mol. The zero-order chi connectivity index (χ0) is 11.0. The molecule has 1 aliphatic rings. The summed E-state index contributed by atoms with van der Waals surface area (Å²) in [4.78, 5) is 13.5. The van der Waals surface area contributed by atoms with Gasteiger partial charge < -0.3 is 10.6 Å². The van der Waals surface area contributed by atoms with Gasteiger partial charge in [-0.15, -0.1) is 12.4 Å². The van der Waals surface area contributed by atoms with Crippen molar-refractivity contribution in [3.63, 3.8) is 0 Å². The first-order valence-electron chi connectivity index (χ1n) is 5.21. The Hall–Kier alpha value is -1.06. The van der Waals surface area contributed by atoms with Crippen molar-refractivity contribution in [2.24, 2.45) is 5.73 Å². The van der Waals surface area contributed by atoms with Gasteiger partial charge in [-0.25, -0.2) is 0 Å². The van der Waals surface area contributed by atoms with Crippen molar-refractivity contribution < 1.29 is 4.79 Å². The number of hydrogen-bond acceptors (Lipinski definition) is 2. The topological polar surface area (TPSA) is 46.3 Å². The van der Waals surface area contributed by atoms with E-state index in [1.54, 1.807) is 4.90 Å². The van der Waals surface area contributed by atoms with Gasteiger partial charge in [0, 0.05) is 24.7 Å². The van der Waals surface area contributed by atoms with Crippen LogP contribution in [-0.2, 0) is 4.79 Å². The summed E-state index contributed by atoms with van der Waals surface area (Å²) in [5, 5.41) is 0. The van der Waals surface area contributed by atoms with E-state index in [0.29, 0.717) is 13.0 Å². The van der Waals surface area contributed by atoms with E-state index in [-0.39, 0.29) is 24.4 Å². The molecule has 0 radical (unpaired) electrons. The molecule has 1 aliphatic heterocycles. The van der Waals surface area contributed by atoms with Crippen LogP contribution in [0.5, 0.6) is 0 Å². The first kappa shape index (κ1) is 13.0. The molecule has 1 heterocycles. The van der Waals surface area contributed by atoms with Gasteiger partial charge in [0.1, 0.15) is 0 Å². The molecule has 1 aromatic rings. The maximum Gasteiger partial charge on any atom is 0.228 e. The summed E-state index contributed by atoms with van der Waals surface area (Å²) in [6.07, 6.45) is 0.466. The summed E-state index contributed by atoms with van der Waals surface area (Å²) >= 11 is 0. The van der Waals surface area contributed by atoms with Gasteiger partial charge in [-0.1, -0.05) is 17.7 Å². The molecule has 1 fully saturated rings. The SMILES string of the molecule is Cc1ccc(N2CC(N)CC2=O)c(C)c1.Cl. The number of rotatable bonds is 1. The molecule has 88 valence electrons. The van der Waals surface area contributed by atoms with Gasteiger partial charge in [0.2, 0.25) is 5.91 Å². The first-order chi connectivity index (χ1) is 7.08. The lowest BCUT2D eigenvalue weighted by atomic mass is 10.1. The van der Waals surface area contributed by atoms with E-state index >= 15 is 0 Å². The number of anilines is 1. The lowest BCUT2D eigenvalue weighted by Crippen LogP contribution is -2.28. The van der Waals surface area contributed by atoms with Crippen molar-refractivity contribution in [3.8, 4) is 0 Å². The number of halogens is 1. The van der Waals surface area contributed by atoms with Crippen LogP contribution in [0.25, 0.3) is 0 Å². The standard InChI is InChI=1S/C12H16N2O.ClH/c1-8-3-4-11(9(2)5-8)14-7-10(13)6-12(14)15;/h3-5,10H,6-7,13H2,1-2H3;1H. The lowest BCUT2D eigenvalue weighted by Gasteiger charge is -2.18. The highest BCUT2D eigenvalue weighted by atomic mass is 35.5. The molecule has 1 aromatic carbocycles. The molecule has 3 nitrogen and oxygen atoms in total. The van der Waals surface area contributed by atoms with Crippen LogP contribution in [0, 0.1) is 13.8 Å². The maximum atomic E-state index is 11.7. The van der Waals surface area contributed by atoms with E-state index in [1.807, 2.05) is 26.0 Å². The molecule has 0 bridgehead atoms. The van der Waals surface area contributed by atoms with Gasteiger partial charge in [-0.05, 0) is 25.5 Å². The van der Waals surface area contributed by atoms with Gasteiger partial charge in [-0.2, -0.15) is 0 Å². The number of nitrogens with two attached hydrogens (primary N) is 1. The predicted octanol–water partition coefficient (Wildman–Crippen LogP) is 1.79. The van der Waals surface area contributed by atoms with E-state index in [1.165, 1.54) is 5.56 Å². The summed E-state index contributed by atoms with van der Waals surface area (Å²) < 4.78 is 0. The van der Waals surface area contributed by atoms with Gasteiger partial charge in [0.25, 0.3) is 0 Å². The number of carbonyl (C=O) groups is 1. The Morgan fingerprint density at radius 1 is 1.38 bits per heavy atom. The molecule has 1 saturated heterocycles. The van der Waals surface area contributed by atoms with Crippen LogP contribution in [0.3, 0.4) is 0 Å². The monoisotopic (exact) mass is 240 g/mol. The Bertz CT molecular complexity index is 406. The van der Waals surface area contributed by atoms with Crippen molar-refractivity contribution in [1.29, 1.82) is 0 Å². The van der Waals surface area contributed by atoms with E-state index in [2.05, 4.69) is 6.07 Å². The van der Waals surface area contributed by atoms with Gasteiger partial charge in [0.05, 0.1) is 0 Å². The molecule has 4 heteroatoms.